The van der Waals surface area contributed by atoms with Crippen LogP contribution in [0.5, 0.6) is 0 Å². The molecule has 5 fully saturated rings. The predicted octanol–water partition coefficient (Wildman–Crippen LogP) is 13.1. The van der Waals surface area contributed by atoms with Crippen LogP contribution in [0, 0.1) is 39.4 Å². The van der Waals surface area contributed by atoms with Crippen LogP contribution in [0.15, 0.2) is 0 Å². The summed E-state index contributed by atoms with van der Waals surface area (Å²) in [6, 6.07) is 0. The highest BCUT2D eigenvalue weighted by Crippen LogP contribution is 2.57. The Hall–Kier alpha value is -1.84. The molecule has 1 saturated heterocycles. The lowest BCUT2D eigenvalue weighted by molar-refractivity contribution is -0.221. The molecule has 5 rings (SSSR count). The fourth-order valence-electron chi connectivity index (χ4n) is 6.51. The summed E-state index contributed by atoms with van der Waals surface area (Å²) in [6.45, 7) is 21.7. The van der Waals surface area contributed by atoms with E-state index in [1.54, 1.807) is 20.8 Å². The first-order chi connectivity index (χ1) is 21.5. The zero-order valence-electron chi connectivity index (χ0n) is 31.0. The minimum Gasteiger partial charge on any atom is -0.465 e. The second-order valence-corrected chi connectivity index (χ2v) is 16.7. The third-order valence-electron chi connectivity index (χ3n) is 11.4. The highest BCUT2D eigenvalue weighted by Gasteiger charge is 2.54. The zero-order valence-corrected chi connectivity index (χ0v) is 31.0. The summed E-state index contributed by atoms with van der Waals surface area (Å²) in [5.74, 6) is 1.65. The number of carbonyl (C=O) groups excluding carboxylic acids is 3. The van der Waals surface area contributed by atoms with Crippen LogP contribution in [-0.4, -0.2) is 55.6 Å². The summed E-state index contributed by atoms with van der Waals surface area (Å²) in [7, 11) is 0. The second kappa shape index (κ2) is 23.3. The quantitative estimate of drug-likeness (QED) is 0.153. The van der Waals surface area contributed by atoms with Gasteiger partial charge in [-0.15, -0.1) is 0 Å². The smallest absolute Gasteiger partial charge is 0.425 e. The molecule has 0 aromatic heterocycles. The van der Waals surface area contributed by atoms with Crippen molar-refractivity contribution in [3.63, 3.8) is 0 Å². The molecule has 7 nitrogen and oxygen atoms in total. The van der Waals surface area contributed by atoms with E-state index in [2.05, 4.69) is 18.6 Å². The van der Waals surface area contributed by atoms with Gasteiger partial charge in [-0.05, 0) is 130 Å². The van der Waals surface area contributed by atoms with Crippen molar-refractivity contribution in [1.29, 1.82) is 0 Å². The van der Waals surface area contributed by atoms with Crippen LogP contribution in [0.1, 0.15) is 185 Å². The van der Waals surface area contributed by atoms with Gasteiger partial charge in [-0.1, -0.05) is 72.3 Å². The normalized spacial score (nSPS) is 23.8. The summed E-state index contributed by atoms with van der Waals surface area (Å²) in [6.07, 6.45) is 4.21. The Morgan fingerprint density at radius 1 is 0.660 bits per heavy atom. The molecule has 1 atom stereocenters. The SMILES string of the molecule is C.C.C.C.C.C.CCC(C)(C)C(=O)OC(C)C(F)(F)F.CCC(C)(C)C(=O)OC12CC3CC(CC(C3)C1)C2.CCC1(COC(=O)C(C)(C)CC)COC1. The van der Waals surface area contributed by atoms with Gasteiger partial charge in [0.15, 0.2) is 6.10 Å². The molecule has 1 aliphatic heterocycles. The lowest BCUT2D eigenvalue weighted by Gasteiger charge is -2.56. The molecule has 4 saturated carbocycles. The second-order valence-electron chi connectivity index (χ2n) is 16.7. The van der Waals surface area contributed by atoms with E-state index in [1.807, 2.05) is 34.6 Å². The van der Waals surface area contributed by atoms with E-state index in [-0.39, 0.29) is 78.3 Å². The average Bonchev–Trinajstić information content (AvgIpc) is 2.95. The molecule has 0 aromatic carbocycles. The highest BCUT2D eigenvalue weighted by molar-refractivity contribution is 5.77. The molecule has 4 bridgehead atoms. The highest BCUT2D eigenvalue weighted by atomic mass is 19.4. The number of alkyl halides is 3. The summed E-state index contributed by atoms with van der Waals surface area (Å²) < 4.78 is 57.0. The van der Waals surface area contributed by atoms with Crippen molar-refractivity contribution in [2.75, 3.05) is 19.8 Å². The van der Waals surface area contributed by atoms with Crippen molar-refractivity contribution < 1.29 is 46.5 Å². The summed E-state index contributed by atoms with van der Waals surface area (Å²) in [5.41, 5.74) is -1.51. The molecule has 4 aliphatic carbocycles. The van der Waals surface area contributed by atoms with E-state index in [9.17, 15) is 27.6 Å². The Kier molecular flexibility index (Phi) is 26.5. The van der Waals surface area contributed by atoms with E-state index >= 15 is 0 Å². The Morgan fingerprint density at radius 2 is 1.02 bits per heavy atom. The Labute approximate surface area is 326 Å². The van der Waals surface area contributed by atoms with Crippen molar-refractivity contribution in [2.24, 2.45) is 39.4 Å². The third-order valence-corrected chi connectivity index (χ3v) is 11.4. The third kappa shape index (κ3) is 16.4. The maximum Gasteiger partial charge on any atom is 0.425 e. The largest absolute Gasteiger partial charge is 0.465 e. The number of rotatable bonds is 11. The van der Waals surface area contributed by atoms with Gasteiger partial charge in [0.05, 0.1) is 34.9 Å². The standard InChI is InChI=1S/C16H26O2.C12H22O3.C9H15F3O2.6CH4/c1-4-15(2,3)14(17)18-16-8-11-5-12(9-16)7-13(6-11)10-16;1-5-11(3,4)10(13)15-9-12(6-2)7-14-8-12;1-5-8(3,4)7(13)14-6(2)9(10,11)12;;;;;;/h11-13H,4-10H2,1-3H3;5-9H2,1-4H3;6H,5H2,1-4H3;6*1H4. The molecule has 0 N–H and O–H groups in total. The van der Waals surface area contributed by atoms with Crippen LogP contribution in [0.2, 0.25) is 0 Å². The lowest BCUT2D eigenvalue weighted by Crippen LogP contribution is -2.53. The minimum absolute atomic E-state index is 0. The lowest BCUT2D eigenvalue weighted by atomic mass is 9.54. The molecule has 5 aliphatic rings. The maximum absolute atomic E-state index is 12.4. The molecule has 0 amide bonds. The van der Waals surface area contributed by atoms with Crippen LogP contribution < -0.4 is 0 Å². The number of hydrogen-bond donors (Lipinski definition) is 0. The van der Waals surface area contributed by atoms with Crippen LogP contribution >= 0.6 is 0 Å². The zero-order chi connectivity index (χ0) is 36.1. The van der Waals surface area contributed by atoms with Gasteiger partial charge in [0.2, 0.25) is 0 Å². The molecule has 1 unspecified atom stereocenters. The van der Waals surface area contributed by atoms with E-state index in [0.717, 1.165) is 76.4 Å². The van der Waals surface area contributed by atoms with Gasteiger partial charge >= 0.3 is 24.1 Å². The van der Waals surface area contributed by atoms with E-state index in [1.165, 1.54) is 19.3 Å². The molecule has 0 spiro atoms. The fourth-order valence-corrected chi connectivity index (χ4v) is 6.51. The first-order valence-corrected chi connectivity index (χ1v) is 17.8. The van der Waals surface area contributed by atoms with Crippen molar-refractivity contribution in [1.82, 2.24) is 0 Å². The van der Waals surface area contributed by atoms with Crippen LogP contribution in [0.3, 0.4) is 0 Å². The van der Waals surface area contributed by atoms with Crippen molar-refractivity contribution in [2.45, 2.75) is 203 Å². The Morgan fingerprint density at radius 3 is 1.32 bits per heavy atom. The minimum atomic E-state index is -4.49. The Bertz CT molecular complexity index is 1020. The van der Waals surface area contributed by atoms with Crippen molar-refractivity contribution in [3.05, 3.63) is 0 Å². The van der Waals surface area contributed by atoms with Gasteiger partial charge in [-0.2, -0.15) is 13.2 Å². The first-order valence-electron chi connectivity index (χ1n) is 17.8. The number of esters is 3. The summed E-state index contributed by atoms with van der Waals surface area (Å²) in [5, 5.41) is 0. The molecular weight excluding hydrogens is 685 g/mol. The number of ether oxygens (including phenoxy) is 4. The van der Waals surface area contributed by atoms with Gasteiger partial charge in [-0.25, -0.2) is 0 Å². The van der Waals surface area contributed by atoms with Crippen LogP contribution in [-0.2, 0) is 33.3 Å². The molecular formula is C43H87F3O7. The molecule has 53 heavy (non-hydrogen) atoms. The predicted molar refractivity (Wildman–Crippen MR) is 216 cm³/mol. The van der Waals surface area contributed by atoms with Gasteiger partial charge in [-0.3, -0.25) is 14.4 Å². The summed E-state index contributed by atoms with van der Waals surface area (Å²) in [4.78, 5) is 35.3. The first kappa shape index (κ1) is 60.4. The van der Waals surface area contributed by atoms with Gasteiger partial charge < -0.3 is 18.9 Å². The van der Waals surface area contributed by atoms with E-state index in [4.69, 9.17) is 14.2 Å². The topological polar surface area (TPSA) is 88.1 Å². The summed E-state index contributed by atoms with van der Waals surface area (Å²) >= 11 is 0. The number of carbonyl (C=O) groups is 3. The van der Waals surface area contributed by atoms with Crippen molar-refractivity contribution in [3.8, 4) is 0 Å². The van der Waals surface area contributed by atoms with Gasteiger partial charge in [0, 0.05) is 0 Å². The van der Waals surface area contributed by atoms with E-state index in [0.29, 0.717) is 13.0 Å². The fraction of sp³-hybridized carbons (Fsp3) is 0.930. The molecule has 1 heterocycles. The number of hydrogen-bond acceptors (Lipinski definition) is 7. The monoisotopic (exact) mass is 773 g/mol. The van der Waals surface area contributed by atoms with E-state index < -0.39 is 23.7 Å². The molecule has 0 radical (unpaired) electrons. The van der Waals surface area contributed by atoms with Crippen molar-refractivity contribution >= 4 is 17.9 Å². The Balaban J connectivity index is -0.000000208. The maximum atomic E-state index is 12.4. The van der Waals surface area contributed by atoms with Gasteiger partial charge in [0.1, 0.15) is 12.2 Å². The average molecular weight is 773 g/mol. The van der Waals surface area contributed by atoms with Crippen LogP contribution in [0.25, 0.3) is 0 Å². The molecule has 322 valence electrons. The number of halogens is 3. The van der Waals surface area contributed by atoms with Gasteiger partial charge in [0.25, 0.3) is 0 Å². The molecule has 0 aromatic rings. The molecule has 10 heteroatoms. The van der Waals surface area contributed by atoms with Crippen LogP contribution in [0.4, 0.5) is 13.2 Å².